The van der Waals surface area contributed by atoms with Crippen molar-refractivity contribution in [2.75, 3.05) is 20.1 Å². The van der Waals surface area contributed by atoms with Gasteiger partial charge < -0.3 is 5.73 Å². The Labute approximate surface area is 121 Å². The number of hydrogen-bond donors (Lipinski definition) is 1. The summed E-state index contributed by atoms with van der Waals surface area (Å²) in [6.45, 7) is 0.884. The first-order valence-corrected chi connectivity index (χ1v) is 7.38. The lowest BCUT2D eigenvalue weighted by Crippen LogP contribution is -2.33. The summed E-state index contributed by atoms with van der Waals surface area (Å²) in [5.41, 5.74) is 5.78. The maximum Gasteiger partial charge on any atom is 0.130 e. The first-order valence-electron chi connectivity index (χ1n) is 6.50. The normalized spacial score (nSPS) is 12.8. The average Bonchev–Trinajstić information content (AvgIpc) is 2.93. The maximum absolute atomic E-state index is 13.8. The van der Waals surface area contributed by atoms with Gasteiger partial charge in [-0.05, 0) is 37.0 Å². The van der Waals surface area contributed by atoms with Crippen LogP contribution >= 0.6 is 11.3 Å². The second-order valence-corrected chi connectivity index (χ2v) is 5.73. The summed E-state index contributed by atoms with van der Waals surface area (Å²) in [6.07, 6.45) is 0.848. The van der Waals surface area contributed by atoms with Crippen LogP contribution in [-0.2, 0) is 6.42 Å². The number of nitrogens with zero attached hydrogens (tertiary/aromatic N) is 1. The van der Waals surface area contributed by atoms with Crippen molar-refractivity contribution >= 4 is 11.3 Å². The fourth-order valence-corrected chi connectivity index (χ4v) is 2.94. The summed E-state index contributed by atoms with van der Waals surface area (Å²) < 4.78 is 27.7. The molecule has 1 unspecified atom stereocenters. The number of thiophene rings is 1. The van der Waals surface area contributed by atoms with Gasteiger partial charge in [0.2, 0.25) is 0 Å². The van der Waals surface area contributed by atoms with Gasteiger partial charge in [0.15, 0.2) is 0 Å². The van der Waals surface area contributed by atoms with Gasteiger partial charge in [-0.3, -0.25) is 4.90 Å². The Kier molecular flexibility index (Phi) is 5.23. The van der Waals surface area contributed by atoms with Crippen LogP contribution in [0, 0.1) is 11.6 Å². The minimum Gasteiger partial charge on any atom is -0.329 e. The second kappa shape index (κ2) is 6.92. The molecule has 108 valence electrons. The molecule has 2 rings (SSSR count). The van der Waals surface area contributed by atoms with Gasteiger partial charge in [0.05, 0.1) is 6.04 Å². The van der Waals surface area contributed by atoms with Crippen molar-refractivity contribution in [2.24, 2.45) is 5.73 Å². The van der Waals surface area contributed by atoms with Crippen molar-refractivity contribution in [1.82, 2.24) is 4.90 Å². The smallest absolute Gasteiger partial charge is 0.130 e. The maximum atomic E-state index is 13.8. The van der Waals surface area contributed by atoms with Crippen molar-refractivity contribution in [3.8, 4) is 0 Å². The number of halogens is 2. The molecule has 0 saturated carbocycles. The van der Waals surface area contributed by atoms with E-state index in [1.165, 1.54) is 23.1 Å². The molecule has 1 heterocycles. The van der Waals surface area contributed by atoms with Crippen molar-refractivity contribution < 1.29 is 8.78 Å². The molecule has 2 nitrogen and oxygen atoms in total. The highest BCUT2D eigenvalue weighted by atomic mass is 32.1. The number of hydrogen-bond acceptors (Lipinski definition) is 3. The molecule has 0 bridgehead atoms. The Balaban J connectivity index is 2.11. The molecule has 20 heavy (non-hydrogen) atoms. The van der Waals surface area contributed by atoms with Crippen LogP contribution in [0.25, 0.3) is 0 Å². The standard InChI is InChI=1S/C15H18F2N2S/c1-19(8-7-11-4-3-9-20-11)14(10-18)15-12(16)5-2-6-13(15)17/h2-6,9,14H,7-8,10,18H2,1H3. The molecule has 1 atom stereocenters. The zero-order chi connectivity index (χ0) is 14.5. The number of likely N-dealkylation sites (N-methyl/N-ethyl adjacent to an activating group) is 1. The molecule has 0 saturated heterocycles. The van der Waals surface area contributed by atoms with E-state index in [4.69, 9.17) is 5.73 Å². The van der Waals surface area contributed by atoms with E-state index in [2.05, 4.69) is 6.07 Å². The Bertz CT molecular complexity index is 523. The van der Waals surface area contributed by atoms with E-state index >= 15 is 0 Å². The molecular formula is C15H18F2N2S. The summed E-state index contributed by atoms with van der Waals surface area (Å²) in [4.78, 5) is 3.16. The van der Waals surface area contributed by atoms with Gasteiger partial charge in [-0.25, -0.2) is 8.78 Å². The first kappa shape index (κ1) is 15.1. The summed E-state index contributed by atoms with van der Waals surface area (Å²) in [6, 6.07) is 7.52. The van der Waals surface area contributed by atoms with Crippen LogP contribution in [0.3, 0.4) is 0 Å². The highest BCUT2D eigenvalue weighted by Crippen LogP contribution is 2.24. The topological polar surface area (TPSA) is 29.3 Å². The summed E-state index contributed by atoms with van der Waals surface area (Å²) in [5, 5.41) is 2.02. The quantitative estimate of drug-likeness (QED) is 0.887. The molecule has 2 aromatic rings. The van der Waals surface area contributed by atoms with Crippen LogP contribution in [0.2, 0.25) is 0 Å². The van der Waals surface area contributed by atoms with Crippen molar-refractivity contribution in [1.29, 1.82) is 0 Å². The van der Waals surface area contributed by atoms with Crippen molar-refractivity contribution in [3.63, 3.8) is 0 Å². The van der Waals surface area contributed by atoms with E-state index in [0.717, 1.165) is 6.42 Å². The monoisotopic (exact) mass is 296 g/mol. The molecule has 0 amide bonds. The van der Waals surface area contributed by atoms with Crippen LogP contribution in [0.4, 0.5) is 8.78 Å². The van der Waals surface area contributed by atoms with Gasteiger partial charge >= 0.3 is 0 Å². The van der Waals surface area contributed by atoms with Crippen LogP contribution in [0.15, 0.2) is 35.7 Å². The predicted octanol–water partition coefficient (Wildman–Crippen LogP) is 3.20. The highest BCUT2D eigenvalue weighted by molar-refractivity contribution is 7.09. The number of rotatable bonds is 6. The largest absolute Gasteiger partial charge is 0.329 e. The summed E-state index contributed by atoms with van der Waals surface area (Å²) in [5.74, 6) is -1.08. The molecule has 0 spiro atoms. The average molecular weight is 296 g/mol. The minimum absolute atomic E-state index is 0.0590. The molecule has 0 fully saturated rings. The van der Waals surface area contributed by atoms with Gasteiger partial charge in [-0.15, -0.1) is 11.3 Å². The van der Waals surface area contributed by atoms with Crippen LogP contribution in [0.1, 0.15) is 16.5 Å². The fourth-order valence-electron chi connectivity index (χ4n) is 2.24. The van der Waals surface area contributed by atoms with Crippen molar-refractivity contribution in [3.05, 3.63) is 57.8 Å². The van der Waals surface area contributed by atoms with Gasteiger partial charge in [-0.2, -0.15) is 0 Å². The molecule has 5 heteroatoms. The van der Waals surface area contributed by atoms with E-state index in [1.807, 2.05) is 23.4 Å². The van der Waals surface area contributed by atoms with E-state index in [9.17, 15) is 8.78 Å². The van der Waals surface area contributed by atoms with Crippen LogP contribution in [-0.4, -0.2) is 25.0 Å². The van der Waals surface area contributed by atoms with E-state index in [-0.39, 0.29) is 12.1 Å². The molecule has 0 aliphatic heterocycles. The molecule has 1 aromatic carbocycles. The third-order valence-electron chi connectivity index (χ3n) is 3.38. The predicted molar refractivity (Wildman–Crippen MR) is 78.8 cm³/mol. The van der Waals surface area contributed by atoms with Crippen molar-refractivity contribution in [2.45, 2.75) is 12.5 Å². The highest BCUT2D eigenvalue weighted by Gasteiger charge is 2.22. The molecule has 2 N–H and O–H groups in total. The molecule has 0 aliphatic rings. The lowest BCUT2D eigenvalue weighted by molar-refractivity contribution is 0.242. The van der Waals surface area contributed by atoms with Gasteiger partial charge in [0.25, 0.3) is 0 Å². The molecular weight excluding hydrogens is 278 g/mol. The lowest BCUT2D eigenvalue weighted by Gasteiger charge is -2.27. The first-order chi connectivity index (χ1) is 9.63. The van der Waals surface area contributed by atoms with Crippen LogP contribution in [0.5, 0.6) is 0 Å². The SMILES string of the molecule is CN(CCc1cccs1)C(CN)c1c(F)cccc1F. The van der Waals surface area contributed by atoms with E-state index < -0.39 is 17.7 Å². The third kappa shape index (κ3) is 3.42. The Morgan fingerprint density at radius 2 is 1.90 bits per heavy atom. The Hall–Kier alpha value is -1.30. The zero-order valence-electron chi connectivity index (χ0n) is 11.4. The van der Waals surface area contributed by atoms with Gasteiger partial charge in [0.1, 0.15) is 11.6 Å². The third-order valence-corrected chi connectivity index (χ3v) is 4.32. The minimum atomic E-state index is -0.538. The molecule has 0 aliphatic carbocycles. The summed E-state index contributed by atoms with van der Waals surface area (Å²) >= 11 is 1.68. The van der Waals surface area contributed by atoms with Crippen LogP contribution < -0.4 is 5.73 Å². The van der Waals surface area contributed by atoms with E-state index in [1.54, 1.807) is 11.3 Å². The Morgan fingerprint density at radius 3 is 2.45 bits per heavy atom. The summed E-state index contributed by atoms with van der Waals surface area (Å²) in [7, 11) is 1.84. The number of benzene rings is 1. The molecule has 1 aromatic heterocycles. The fraction of sp³-hybridized carbons (Fsp3) is 0.333. The zero-order valence-corrected chi connectivity index (χ0v) is 12.2. The Morgan fingerprint density at radius 1 is 1.20 bits per heavy atom. The van der Waals surface area contributed by atoms with E-state index in [0.29, 0.717) is 6.54 Å². The molecule has 0 radical (unpaired) electrons. The second-order valence-electron chi connectivity index (χ2n) is 4.70. The number of nitrogens with two attached hydrogens (primary N) is 1. The van der Waals surface area contributed by atoms with Gasteiger partial charge in [-0.1, -0.05) is 12.1 Å². The lowest BCUT2D eigenvalue weighted by atomic mass is 10.0. The van der Waals surface area contributed by atoms with Gasteiger partial charge in [0, 0.05) is 23.5 Å².